The van der Waals surface area contributed by atoms with E-state index in [1.165, 1.54) is 10.8 Å². The lowest BCUT2D eigenvalue weighted by Crippen LogP contribution is -2.30. The van der Waals surface area contributed by atoms with Crippen LogP contribution < -0.4 is 11.2 Å². The van der Waals surface area contributed by atoms with Crippen molar-refractivity contribution in [3.63, 3.8) is 0 Å². The van der Waals surface area contributed by atoms with Crippen molar-refractivity contribution < 1.29 is 0 Å². The molecule has 0 aliphatic carbocycles. The fourth-order valence-electron chi connectivity index (χ4n) is 1.10. The van der Waals surface area contributed by atoms with Crippen LogP contribution in [-0.2, 0) is 6.54 Å². The van der Waals surface area contributed by atoms with Gasteiger partial charge in [0.15, 0.2) is 0 Å². The van der Waals surface area contributed by atoms with Crippen molar-refractivity contribution in [3.05, 3.63) is 51.3 Å². The van der Waals surface area contributed by atoms with Crippen molar-refractivity contribution >= 4 is 6.08 Å². The fourth-order valence-corrected chi connectivity index (χ4v) is 1.10. The van der Waals surface area contributed by atoms with Crippen LogP contribution in [0.2, 0.25) is 0 Å². The van der Waals surface area contributed by atoms with Crippen LogP contribution in [0, 0.1) is 0 Å². The zero-order chi connectivity index (χ0) is 10.6. The first-order valence-corrected chi connectivity index (χ1v) is 4.26. The third-order valence-electron chi connectivity index (χ3n) is 1.71. The van der Waals surface area contributed by atoms with E-state index in [-0.39, 0.29) is 5.56 Å². The Labute approximate surface area is 81.2 Å². The van der Waals surface area contributed by atoms with Crippen LogP contribution in [0.5, 0.6) is 0 Å². The number of hydrogen-bond donors (Lipinski definition) is 1. The number of nitrogens with one attached hydrogen (secondary N) is 1. The van der Waals surface area contributed by atoms with E-state index in [2.05, 4.69) is 11.6 Å². The first-order chi connectivity index (χ1) is 6.69. The van der Waals surface area contributed by atoms with Crippen LogP contribution in [-0.4, -0.2) is 9.55 Å². The van der Waals surface area contributed by atoms with Gasteiger partial charge in [0.25, 0.3) is 5.56 Å². The normalized spacial score (nSPS) is 10.6. The molecule has 0 atom stereocenters. The minimum absolute atomic E-state index is 0.367. The van der Waals surface area contributed by atoms with Crippen molar-refractivity contribution in [2.75, 3.05) is 0 Å². The Balaban J connectivity index is 3.34. The third-order valence-corrected chi connectivity index (χ3v) is 1.71. The highest BCUT2D eigenvalue weighted by atomic mass is 16.2. The highest BCUT2D eigenvalue weighted by Crippen LogP contribution is 1.91. The molecule has 14 heavy (non-hydrogen) atoms. The predicted octanol–water partition coefficient (Wildman–Crippen LogP) is 0.756. The average molecular weight is 192 g/mol. The lowest BCUT2D eigenvalue weighted by Gasteiger charge is -2.01. The molecular formula is C10H12N2O2. The van der Waals surface area contributed by atoms with Crippen LogP contribution in [0.25, 0.3) is 6.08 Å². The van der Waals surface area contributed by atoms with Crippen molar-refractivity contribution in [3.8, 4) is 0 Å². The molecule has 1 rings (SSSR count). The maximum absolute atomic E-state index is 11.2. The number of nitrogens with zero attached hydrogens (tertiary/aromatic N) is 1. The quantitative estimate of drug-likeness (QED) is 0.719. The topological polar surface area (TPSA) is 54.9 Å². The van der Waals surface area contributed by atoms with Gasteiger partial charge in [-0.15, -0.1) is 6.58 Å². The molecule has 1 N–H and O–H groups in total. The summed E-state index contributed by atoms with van der Waals surface area (Å²) in [6, 6.07) is 0. The summed E-state index contributed by atoms with van der Waals surface area (Å²) in [6.45, 7) is 5.72. The molecule has 0 spiro atoms. The van der Waals surface area contributed by atoms with E-state index in [0.29, 0.717) is 12.1 Å². The molecule has 0 amide bonds. The SMILES string of the molecule is C=CCn1cc(/C=C/C)c(=O)[nH]c1=O. The van der Waals surface area contributed by atoms with E-state index in [1.54, 1.807) is 18.2 Å². The van der Waals surface area contributed by atoms with Crippen molar-refractivity contribution in [2.24, 2.45) is 0 Å². The van der Waals surface area contributed by atoms with E-state index in [4.69, 9.17) is 0 Å². The Morgan fingerprint density at radius 1 is 1.57 bits per heavy atom. The first-order valence-electron chi connectivity index (χ1n) is 4.26. The molecule has 0 unspecified atom stereocenters. The van der Waals surface area contributed by atoms with Gasteiger partial charge in [0.1, 0.15) is 0 Å². The Kier molecular flexibility index (Phi) is 3.23. The second-order valence-corrected chi connectivity index (χ2v) is 2.78. The van der Waals surface area contributed by atoms with Crippen LogP contribution in [0.3, 0.4) is 0 Å². The Morgan fingerprint density at radius 2 is 2.29 bits per heavy atom. The molecule has 4 heteroatoms. The molecule has 1 heterocycles. The summed E-state index contributed by atoms with van der Waals surface area (Å²) in [5.74, 6) is 0. The van der Waals surface area contributed by atoms with Gasteiger partial charge in [-0.25, -0.2) is 4.79 Å². The summed E-state index contributed by atoms with van der Waals surface area (Å²) < 4.78 is 1.39. The average Bonchev–Trinajstić information content (AvgIpc) is 2.14. The highest BCUT2D eigenvalue weighted by Gasteiger charge is 1.99. The Bertz CT molecular complexity index is 466. The van der Waals surface area contributed by atoms with Crippen molar-refractivity contribution in [2.45, 2.75) is 13.5 Å². The van der Waals surface area contributed by atoms with Gasteiger partial charge >= 0.3 is 5.69 Å². The number of rotatable bonds is 3. The molecule has 0 saturated carbocycles. The maximum Gasteiger partial charge on any atom is 0.328 e. The summed E-state index contributed by atoms with van der Waals surface area (Å²) >= 11 is 0. The molecule has 0 fully saturated rings. The number of aromatic amines is 1. The molecule has 0 aliphatic heterocycles. The molecule has 0 radical (unpaired) electrons. The van der Waals surface area contributed by atoms with Gasteiger partial charge in [-0.1, -0.05) is 18.2 Å². The van der Waals surface area contributed by atoms with Crippen molar-refractivity contribution in [1.82, 2.24) is 9.55 Å². The maximum atomic E-state index is 11.2. The zero-order valence-corrected chi connectivity index (χ0v) is 7.99. The third kappa shape index (κ3) is 2.10. The van der Waals surface area contributed by atoms with Crippen molar-refractivity contribution in [1.29, 1.82) is 0 Å². The van der Waals surface area contributed by atoms with E-state index < -0.39 is 5.69 Å². The number of hydrogen-bond acceptors (Lipinski definition) is 2. The summed E-state index contributed by atoms with van der Waals surface area (Å²) in [5.41, 5.74) is -0.314. The minimum atomic E-state index is -0.414. The molecule has 1 aromatic rings. The second-order valence-electron chi connectivity index (χ2n) is 2.78. The highest BCUT2D eigenvalue weighted by molar-refractivity contribution is 5.45. The minimum Gasteiger partial charge on any atom is -0.296 e. The molecule has 4 nitrogen and oxygen atoms in total. The number of aromatic nitrogens is 2. The molecule has 74 valence electrons. The van der Waals surface area contributed by atoms with E-state index in [0.717, 1.165) is 0 Å². The summed E-state index contributed by atoms with van der Waals surface area (Å²) in [6.07, 6.45) is 6.51. The second kappa shape index (κ2) is 4.41. The van der Waals surface area contributed by atoms with E-state index in [9.17, 15) is 9.59 Å². The van der Waals surface area contributed by atoms with Crippen LogP contribution in [0.15, 0.2) is 34.5 Å². The van der Waals surface area contributed by atoms with Crippen LogP contribution >= 0.6 is 0 Å². The standard InChI is InChI=1S/C10H12N2O2/c1-3-5-8-7-12(6-4-2)10(14)11-9(8)13/h3-5,7H,2,6H2,1H3,(H,11,13,14)/b5-3+. The fraction of sp³-hybridized carbons (Fsp3) is 0.200. The number of H-pyrrole nitrogens is 1. The smallest absolute Gasteiger partial charge is 0.296 e. The summed E-state index contributed by atoms with van der Waals surface area (Å²) in [4.78, 5) is 24.7. The predicted molar refractivity (Wildman–Crippen MR) is 56.2 cm³/mol. The molecular weight excluding hydrogens is 180 g/mol. The summed E-state index contributed by atoms with van der Waals surface area (Å²) in [5, 5.41) is 0. The Hall–Kier alpha value is -1.84. The van der Waals surface area contributed by atoms with Gasteiger partial charge in [-0.2, -0.15) is 0 Å². The van der Waals surface area contributed by atoms with Gasteiger partial charge in [0.2, 0.25) is 0 Å². The monoisotopic (exact) mass is 192 g/mol. The van der Waals surface area contributed by atoms with Gasteiger partial charge in [-0.3, -0.25) is 14.3 Å². The van der Waals surface area contributed by atoms with Crippen LogP contribution in [0.1, 0.15) is 12.5 Å². The molecule has 1 aromatic heterocycles. The Morgan fingerprint density at radius 3 is 2.86 bits per heavy atom. The van der Waals surface area contributed by atoms with Gasteiger partial charge in [-0.05, 0) is 6.92 Å². The van der Waals surface area contributed by atoms with E-state index >= 15 is 0 Å². The molecule has 0 aliphatic rings. The van der Waals surface area contributed by atoms with E-state index in [1.807, 2.05) is 6.92 Å². The first kappa shape index (κ1) is 10.2. The lowest BCUT2D eigenvalue weighted by atomic mass is 10.3. The molecule has 0 saturated heterocycles. The van der Waals surface area contributed by atoms with Gasteiger partial charge < -0.3 is 0 Å². The molecule has 0 aromatic carbocycles. The largest absolute Gasteiger partial charge is 0.328 e. The lowest BCUT2D eigenvalue weighted by molar-refractivity contribution is 0.735. The zero-order valence-electron chi connectivity index (χ0n) is 7.99. The van der Waals surface area contributed by atoms with Gasteiger partial charge in [0, 0.05) is 12.7 Å². The molecule has 0 bridgehead atoms. The summed E-state index contributed by atoms with van der Waals surface area (Å²) in [7, 11) is 0. The number of allylic oxidation sites excluding steroid dienone is 2. The van der Waals surface area contributed by atoms with Crippen LogP contribution in [0.4, 0.5) is 0 Å². The van der Waals surface area contributed by atoms with Gasteiger partial charge in [0.05, 0.1) is 5.56 Å².